The van der Waals surface area contributed by atoms with Crippen molar-refractivity contribution in [3.8, 4) is 0 Å². The monoisotopic (exact) mass is 354 g/mol. The van der Waals surface area contributed by atoms with E-state index in [9.17, 15) is 9.59 Å². The van der Waals surface area contributed by atoms with Crippen molar-refractivity contribution in [2.75, 3.05) is 13.7 Å². The second kappa shape index (κ2) is 14.1. The minimum absolute atomic E-state index is 0.0212. The first kappa shape index (κ1) is 22.0. The second-order valence-electron chi connectivity index (χ2n) is 7.51. The molecule has 0 radical (unpaired) electrons. The molecule has 1 aliphatic rings. The van der Waals surface area contributed by atoms with Gasteiger partial charge < -0.3 is 9.47 Å². The van der Waals surface area contributed by atoms with Crippen molar-refractivity contribution in [3.05, 3.63) is 0 Å². The first-order chi connectivity index (χ1) is 12.2. The molecule has 1 fully saturated rings. The fourth-order valence-corrected chi connectivity index (χ4v) is 3.65. The van der Waals surface area contributed by atoms with E-state index in [2.05, 4.69) is 11.7 Å². The molecule has 146 valence electrons. The lowest BCUT2D eigenvalue weighted by molar-refractivity contribution is -0.156. The number of unbranched alkanes of at least 4 members (excludes halogenated alkanes) is 8. The molecule has 0 spiro atoms. The highest BCUT2D eigenvalue weighted by molar-refractivity contribution is 5.73. The smallest absolute Gasteiger partial charge is 0.308 e. The molecule has 0 aliphatic carbocycles. The van der Waals surface area contributed by atoms with Gasteiger partial charge in [-0.2, -0.15) is 0 Å². The van der Waals surface area contributed by atoms with Gasteiger partial charge >= 0.3 is 11.9 Å². The highest BCUT2D eigenvalue weighted by Gasteiger charge is 2.29. The molecule has 2 unspecified atom stereocenters. The van der Waals surface area contributed by atoms with Gasteiger partial charge in [-0.1, -0.05) is 64.7 Å². The Morgan fingerprint density at radius 1 is 1.00 bits per heavy atom. The van der Waals surface area contributed by atoms with Crippen LogP contribution in [0, 0.1) is 11.8 Å². The molecule has 1 aliphatic heterocycles. The van der Waals surface area contributed by atoms with Gasteiger partial charge in [0, 0.05) is 6.42 Å². The molecule has 1 heterocycles. The molecular weight excluding hydrogens is 316 g/mol. The molecule has 0 aromatic rings. The molecule has 0 amide bonds. The van der Waals surface area contributed by atoms with Gasteiger partial charge in [0.1, 0.15) is 0 Å². The third kappa shape index (κ3) is 10.5. The van der Waals surface area contributed by atoms with Gasteiger partial charge in [0.15, 0.2) is 0 Å². The maximum atomic E-state index is 12.0. The highest BCUT2D eigenvalue weighted by atomic mass is 16.5. The van der Waals surface area contributed by atoms with Crippen LogP contribution in [0.1, 0.15) is 96.8 Å². The fourth-order valence-electron chi connectivity index (χ4n) is 3.65. The lowest BCUT2D eigenvalue weighted by atomic mass is 9.85. The second-order valence-corrected chi connectivity index (χ2v) is 7.51. The fraction of sp³-hybridized carbons (Fsp3) is 0.905. The van der Waals surface area contributed by atoms with E-state index in [0.717, 1.165) is 44.9 Å². The quantitative estimate of drug-likeness (QED) is 0.308. The van der Waals surface area contributed by atoms with Crippen LogP contribution in [0.25, 0.3) is 0 Å². The van der Waals surface area contributed by atoms with Crippen molar-refractivity contribution >= 4 is 11.9 Å². The van der Waals surface area contributed by atoms with Crippen LogP contribution in [0.2, 0.25) is 0 Å². The SMILES string of the molecule is CCCCCCCC1COC(=O)C(CCCCCCCC(=O)OC)C1. The van der Waals surface area contributed by atoms with E-state index in [0.29, 0.717) is 18.9 Å². The number of hydrogen-bond donors (Lipinski definition) is 0. The summed E-state index contributed by atoms with van der Waals surface area (Å²) in [5, 5.41) is 0. The Balaban J connectivity index is 2.07. The Bertz CT molecular complexity index is 367. The first-order valence-corrected chi connectivity index (χ1v) is 10.4. The summed E-state index contributed by atoms with van der Waals surface area (Å²) in [6, 6.07) is 0. The predicted molar refractivity (Wildman–Crippen MR) is 100 cm³/mol. The van der Waals surface area contributed by atoms with Crippen LogP contribution in [0.5, 0.6) is 0 Å². The van der Waals surface area contributed by atoms with E-state index in [1.807, 2.05) is 0 Å². The van der Waals surface area contributed by atoms with Gasteiger partial charge in [0.25, 0.3) is 0 Å². The normalized spacial score (nSPS) is 20.3. The molecule has 0 bridgehead atoms. The number of methoxy groups -OCH3 is 1. The molecule has 25 heavy (non-hydrogen) atoms. The molecule has 0 saturated carbocycles. The number of carbonyl (C=O) groups is 2. The number of cyclic esters (lactones) is 1. The summed E-state index contributed by atoms with van der Waals surface area (Å²) >= 11 is 0. The average molecular weight is 355 g/mol. The van der Waals surface area contributed by atoms with Crippen molar-refractivity contribution in [2.24, 2.45) is 11.8 Å². The Hall–Kier alpha value is -1.06. The maximum Gasteiger partial charge on any atom is 0.308 e. The zero-order chi connectivity index (χ0) is 18.3. The van der Waals surface area contributed by atoms with Crippen LogP contribution in [0.4, 0.5) is 0 Å². The largest absolute Gasteiger partial charge is 0.469 e. The van der Waals surface area contributed by atoms with Gasteiger partial charge in [-0.25, -0.2) is 0 Å². The minimum Gasteiger partial charge on any atom is -0.469 e. The zero-order valence-corrected chi connectivity index (χ0v) is 16.4. The number of rotatable bonds is 14. The van der Waals surface area contributed by atoms with E-state index in [4.69, 9.17) is 4.74 Å². The molecule has 0 N–H and O–H groups in total. The third-order valence-electron chi connectivity index (χ3n) is 5.29. The van der Waals surface area contributed by atoms with Crippen molar-refractivity contribution in [2.45, 2.75) is 96.8 Å². The lowest BCUT2D eigenvalue weighted by Gasteiger charge is -2.28. The van der Waals surface area contributed by atoms with Gasteiger partial charge in [0.05, 0.1) is 19.6 Å². The Morgan fingerprint density at radius 2 is 1.64 bits per heavy atom. The zero-order valence-electron chi connectivity index (χ0n) is 16.4. The number of carbonyl (C=O) groups excluding carboxylic acids is 2. The van der Waals surface area contributed by atoms with E-state index < -0.39 is 0 Å². The minimum atomic E-state index is -0.120. The topological polar surface area (TPSA) is 52.6 Å². The number of ether oxygens (including phenoxy) is 2. The molecule has 1 rings (SSSR count). The van der Waals surface area contributed by atoms with E-state index in [1.54, 1.807) is 0 Å². The average Bonchev–Trinajstić information content (AvgIpc) is 2.62. The molecule has 1 saturated heterocycles. The summed E-state index contributed by atoms with van der Waals surface area (Å²) in [6.45, 7) is 2.88. The van der Waals surface area contributed by atoms with Crippen LogP contribution in [0.3, 0.4) is 0 Å². The van der Waals surface area contributed by atoms with Crippen molar-refractivity contribution in [1.29, 1.82) is 0 Å². The van der Waals surface area contributed by atoms with E-state index >= 15 is 0 Å². The number of hydrogen-bond acceptors (Lipinski definition) is 4. The van der Waals surface area contributed by atoms with Crippen molar-refractivity contribution in [3.63, 3.8) is 0 Å². The Morgan fingerprint density at radius 3 is 2.36 bits per heavy atom. The van der Waals surface area contributed by atoms with Gasteiger partial charge in [-0.15, -0.1) is 0 Å². The Labute approximate surface area is 154 Å². The van der Waals surface area contributed by atoms with Crippen LogP contribution < -0.4 is 0 Å². The molecular formula is C21H38O4. The Kier molecular flexibility index (Phi) is 12.4. The summed E-state index contributed by atoms with van der Waals surface area (Å²) in [6.07, 6.45) is 15.6. The first-order valence-electron chi connectivity index (χ1n) is 10.4. The standard InChI is InChI=1S/C21H38O4/c1-3-4-5-7-10-13-18-16-19(21(23)25-17-18)14-11-8-6-9-12-15-20(22)24-2/h18-19H,3-17H2,1-2H3. The summed E-state index contributed by atoms with van der Waals surface area (Å²) in [7, 11) is 1.43. The molecule has 0 aromatic heterocycles. The van der Waals surface area contributed by atoms with Gasteiger partial charge in [-0.3, -0.25) is 9.59 Å². The van der Waals surface area contributed by atoms with Crippen molar-refractivity contribution < 1.29 is 19.1 Å². The van der Waals surface area contributed by atoms with Crippen LogP contribution in [-0.4, -0.2) is 25.7 Å². The van der Waals surface area contributed by atoms with Crippen LogP contribution >= 0.6 is 0 Å². The molecule has 2 atom stereocenters. The third-order valence-corrected chi connectivity index (χ3v) is 5.29. The van der Waals surface area contributed by atoms with Crippen molar-refractivity contribution in [1.82, 2.24) is 0 Å². The van der Waals surface area contributed by atoms with Gasteiger partial charge in [-0.05, 0) is 31.6 Å². The number of esters is 2. The summed E-state index contributed by atoms with van der Waals surface area (Å²) < 4.78 is 10.1. The van der Waals surface area contributed by atoms with E-state index in [-0.39, 0.29) is 17.9 Å². The summed E-state index contributed by atoms with van der Waals surface area (Å²) in [4.78, 5) is 23.0. The van der Waals surface area contributed by atoms with Gasteiger partial charge in [0.2, 0.25) is 0 Å². The highest BCUT2D eigenvalue weighted by Crippen LogP contribution is 2.29. The van der Waals surface area contributed by atoms with Crippen LogP contribution in [0.15, 0.2) is 0 Å². The lowest BCUT2D eigenvalue weighted by Crippen LogP contribution is -2.30. The maximum absolute atomic E-state index is 12.0. The van der Waals surface area contributed by atoms with E-state index in [1.165, 1.54) is 45.6 Å². The molecule has 0 aromatic carbocycles. The summed E-state index contributed by atoms with van der Waals surface area (Å²) in [5.41, 5.74) is 0. The summed E-state index contributed by atoms with van der Waals surface area (Å²) in [5.74, 6) is 0.590. The predicted octanol–water partition coefficient (Wildman–Crippen LogP) is 5.43. The molecule has 4 nitrogen and oxygen atoms in total. The van der Waals surface area contributed by atoms with Crippen LogP contribution in [-0.2, 0) is 19.1 Å². The molecule has 4 heteroatoms.